The Kier molecular flexibility index (Phi) is 6.80. The number of esters is 1. The molecule has 1 aliphatic rings. The van der Waals surface area contributed by atoms with Crippen LogP contribution in [0.25, 0.3) is 0 Å². The Morgan fingerprint density at radius 2 is 2.04 bits per heavy atom. The lowest BCUT2D eigenvalue weighted by molar-refractivity contribution is -0.142. The third kappa shape index (κ3) is 4.82. The second kappa shape index (κ2) is 8.14. The number of carbonyl (C=O) groups is 2. The van der Waals surface area contributed by atoms with Crippen LogP contribution in [0.1, 0.15) is 26.2 Å². The zero-order chi connectivity index (χ0) is 17.6. The summed E-state index contributed by atoms with van der Waals surface area (Å²) in [6.45, 7) is 1.64. The molecule has 0 radical (unpaired) electrons. The highest BCUT2D eigenvalue weighted by atomic mass is 19.4. The van der Waals surface area contributed by atoms with Gasteiger partial charge in [-0.15, -0.1) is 0 Å². The van der Waals surface area contributed by atoms with E-state index in [1.807, 2.05) is 5.32 Å². The molecule has 0 aromatic heterocycles. The lowest BCUT2D eigenvalue weighted by atomic mass is 10.0. The van der Waals surface area contributed by atoms with Crippen LogP contribution in [0, 0.1) is 0 Å². The van der Waals surface area contributed by atoms with Crippen molar-refractivity contribution in [2.75, 3.05) is 20.8 Å². The van der Waals surface area contributed by atoms with Gasteiger partial charge in [0.25, 0.3) is 5.91 Å². The smallest absolute Gasteiger partial charge is 0.421 e. The molecular weight excluding hydrogens is 315 g/mol. The van der Waals surface area contributed by atoms with Crippen LogP contribution in [-0.2, 0) is 19.1 Å². The van der Waals surface area contributed by atoms with Crippen LogP contribution in [0.2, 0.25) is 0 Å². The Hall–Kier alpha value is -1.83. The SMILES string of the molecule is C/C=C1\C(=C(/C(=O)NC)C(F)(F)F)CCC1OCCC(=O)OC. The van der Waals surface area contributed by atoms with Gasteiger partial charge in [0.15, 0.2) is 0 Å². The summed E-state index contributed by atoms with van der Waals surface area (Å²) in [5, 5.41) is 2.03. The first kappa shape index (κ1) is 19.2. The fourth-order valence-electron chi connectivity index (χ4n) is 2.52. The molecule has 130 valence electrons. The van der Waals surface area contributed by atoms with Gasteiger partial charge in [0, 0.05) is 7.05 Å². The van der Waals surface area contributed by atoms with Crippen molar-refractivity contribution in [2.24, 2.45) is 0 Å². The molecule has 0 aromatic carbocycles. The number of amides is 1. The fraction of sp³-hybridized carbons (Fsp3) is 0.600. The topological polar surface area (TPSA) is 64.6 Å². The molecule has 0 aliphatic heterocycles. The van der Waals surface area contributed by atoms with Crippen molar-refractivity contribution in [3.63, 3.8) is 0 Å². The average Bonchev–Trinajstić information content (AvgIpc) is 2.87. The van der Waals surface area contributed by atoms with Crippen molar-refractivity contribution in [2.45, 2.75) is 38.5 Å². The molecule has 5 nitrogen and oxygen atoms in total. The predicted octanol–water partition coefficient (Wildman–Crippen LogP) is 2.28. The van der Waals surface area contributed by atoms with E-state index in [1.54, 1.807) is 6.92 Å². The maximum Gasteiger partial charge on any atom is 0.421 e. The zero-order valence-electron chi connectivity index (χ0n) is 13.3. The van der Waals surface area contributed by atoms with Gasteiger partial charge in [-0.25, -0.2) is 0 Å². The first-order valence-electron chi connectivity index (χ1n) is 7.13. The molecule has 0 saturated heterocycles. The summed E-state index contributed by atoms with van der Waals surface area (Å²) >= 11 is 0. The minimum Gasteiger partial charge on any atom is -0.469 e. The van der Waals surface area contributed by atoms with E-state index in [9.17, 15) is 22.8 Å². The van der Waals surface area contributed by atoms with E-state index >= 15 is 0 Å². The molecule has 0 spiro atoms. The first-order valence-corrected chi connectivity index (χ1v) is 7.13. The molecule has 0 heterocycles. The van der Waals surface area contributed by atoms with Crippen LogP contribution in [0.15, 0.2) is 22.8 Å². The summed E-state index contributed by atoms with van der Waals surface area (Å²) in [5.74, 6) is -1.62. The third-order valence-corrected chi connectivity index (χ3v) is 3.56. The molecule has 1 N–H and O–H groups in total. The number of alkyl halides is 3. The number of likely N-dealkylation sites (N-methyl/N-ethyl adjacent to an activating group) is 1. The molecule has 23 heavy (non-hydrogen) atoms. The van der Waals surface area contributed by atoms with Crippen LogP contribution in [-0.4, -0.2) is 44.9 Å². The quantitative estimate of drug-likeness (QED) is 0.618. The number of carbonyl (C=O) groups excluding carboxylic acids is 2. The van der Waals surface area contributed by atoms with Crippen molar-refractivity contribution >= 4 is 11.9 Å². The lowest BCUT2D eigenvalue weighted by Crippen LogP contribution is -2.31. The molecule has 0 aromatic rings. The predicted molar refractivity (Wildman–Crippen MR) is 76.5 cm³/mol. The highest BCUT2D eigenvalue weighted by molar-refractivity contribution is 5.96. The van der Waals surface area contributed by atoms with Crippen molar-refractivity contribution in [1.82, 2.24) is 5.32 Å². The van der Waals surface area contributed by atoms with Gasteiger partial charge >= 0.3 is 12.1 Å². The lowest BCUT2D eigenvalue weighted by Gasteiger charge is -2.17. The van der Waals surface area contributed by atoms with Gasteiger partial charge in [-0.2, -0.15) is 13.2 Å². The molecule has 1 aliphatic carbocycles. The summed E-state index contributed by atoms with van der Waals surface area (Å²) in [5.41, 5.74) is -0.902. The van der Waals surface area contributed by atoms with Crippen molar-refractivity contribution in [3.05, 3.63) is 22.8 Å². The van der Waals surface area contributed by atoms with Crippen molar-refractivity contribution < 1.29 is 32.2 Å². The van der Waals surface area contributed by atoms with Gasteiger partial charge in [-0.1, -0.05) is 6.08 Å². The van der Waals surface area contributed by atoms with Crippen molar-refractivity contribution in [3.8, 4) is 0 Å². The van der Waals surface area contributed by atoms with E-state index in [0.717, 1.165) is 7.05 Å². The first-order chi connectivity index (χ1) is 10.8. The molecule has 1 rings (SSSR count). The van der Waals surface area contributed by atoms with Crippen LogP contribution >= 0.6 is 0 Å². The molecule has 1 saturated carbocycles. The Morgan fingerprint density at radius 1 is 1.39 bits per heavy atom. The standard InChI is InChI=1S/C15H20F3NO4/c1-4-9-10(13(14(21)19-2)15(16,17)18)5-6-11(9)23-8-7-12(20)22-3/h4,11H,5-8H2,1-3H3,(H,19,21)/b9-4+,13-10+. The van der Waals surface area contributed by atoms with Crippen molar-refractivity contribution in [1.29, 1.82) is 0 Å². The van der Waals surface area contributed by atoms with Crippen LogP contribution < -0.4 is 5.32 Å². The normalized spacial score (nSPS) is 22.2. The van der Waals surface area contributed by atoms with E-state index in [-0.39, 0.29) is 25.0 Å². The van der Waals surface area contributed by atoms with E-state index < -0.39 is 29.7 Å². The Balaban J connectivity index is 2.99. The number of nitrogens with one attached hydrogen (secondary N) is 1. The summed E-state index contributed by atoms with van der Waals surface area (Å²) in [7, 11) is 2.40. The molecule has 1 atom stereocenters. The number of rotatable bonds is 5. The highest BCUT2D eigenvalue weighted by Crippen LogP contribution is 2.40. The minimum absolute atomic E-state index is 0.0185. The number of allylic oxidation sites excluding steroid dienone is 1. The van der Waals surface area contributed by atoms with E-state index in [0.29, 0.717) is 12.0 Å². The van der Waals surface area contributed by atoms with Crippen LogP contribution in [0.5, 0.6) is 0 Å². The molecule has 8 heteroatoms. The second-order valence-electron chi connectivity index (χ2n) is 4.90. The second-order valence-corrected chi connectivity index (χ2v) is 4.90. The van der Waals surface area contributed by atoms with E-state index in [2.05, 4.69) is 4.74 Å². The van der Waals surface area contributed by atoms with Gasteiger partial charge in [0.2, 0.25) is 0 Å². The molecule has 1 fully saturated rings. The maximum absolute atomic E-state index is 13.2. The monoisotopic (exact) mass is 335 g/mol. The fourth-order valence-corrected chi connectivity index (χ4v) is 2.52. The molecular formula is C15H20F3NO4. The van der Waals surface area contributed by atoms with Gasteiger partial charge < -0.3 is 14.8 Å². The zero-order valence-corrected chi connectivity index (χ0v) is 13.3. The van der Waals surface area contributed by atoms with Crippen LogP contribution in [0.3, 0.4) is 0 Å². The highest BCUT2D eigenvalue weighted by Gasteiger charge is 2.43. The number of hydrogen-bond acceptors (Lipinski definition) is 4. The van der Waals surface area contributed by atoms with Crippen LogP contribution in [0.4, 0.5) is 13.2 Å². The average molecular weight is 335 g/mol. The van der Waals surface area contributed by atoms with E-state index in [1.165, 1.54) is 13.2 Å². The third-order valence-electron chi connectivity index (χ3n) is 3.56. The molecule has 1 unspecified atom stereocenters. The number of hydrogen-bond donors (Lipinski definition) is 1. The number of ether oxygens (including phenoxy) is 2. The minimum atomic E-state index is -4.75. The largest absolute Gasteiger partial charge is 0.469 e. The maximum atomic E-state index is 13.2. The molecule has 1 amide bonds. The number of methoxy groups -OCH3 is 1. The summed E-state index contributed by atoms with van der Waals surface area (Å²) in [6.07, 6.45) is -3.37. The Bertz CT molecular complexity index is 523. The van der Waals surface area contributed by atoms with E-state index in [4.69, 9.17) is 4.74 Å². The number of halogens is 3. The van der Waals surface area contributed by atoms with Gasteiger partial charge in [0.1, 0.15) is 5.57 Å². The van der Waals surface area contributed by atoms with Gasteiger partial charge in [0.05, 0.1) is 26.2 Å². The van der Waals surface area contributed by atoms with Gasteiger partial charge in [-0.05, 0) is 30.9 Å². The summed E-state index contributed by atoms with van der Waals surface area (Å²) in [4.78, 5) is 22.7. The Morgan fingerprint density at radius 3 is 2.52 bits per heavy atom. The summed E-state index contributed by atoms with van der Waals surface area (Å²) < 4.78 is 49.6. The van der Waals surface area contributed by atoms with Gasteiger partial charge in [-0.3, -0.25) is 9.59 Å². The molecule has 0 bridgehead atoms. The Labute approximate surface area is 132 Å². The summed E-state index contributed by atoms with van der Waals surface area (Å²) in [6, 6.07) is 0.